The smallest absolute Gasteiger partial charge is 0.0901 e. The largest absolute Gasteiger partial charge is 0.386 e. The third kappa shape index (κ3) is 4.41. The van der Waals surface area contributed by atoms with E-state index in [1.807, 2.05) is 18.2 Å². The quantitative estimate of drug-likeness (QED) is 0.590. The van der Waals surface area contributed by atoms with E-state index in [1.165, 1.54) is 0 Å². The molecule has 0 saturated heterocycles. The van der Waals surface area contributed by atoms with Crippen LogP contribution in [0, 0.1) is 0 Å². The summed E-state index contributed by atoms with van der Waals surface area (Å²) in [4.78, 5) is 12.2. The maximum absolute atomic E-state index is 6.45. The first-order chi connectivity index (χ1) is 12.2. The van der Waals surface area contributed by atoms with E-state index in [1.54, 1.807) is 19.3 Å². The number of hydrogen-bond acceptors (Lipinski definition) is 4. The van der Waals surface area contributed by atoms with Crippen molar-refractivity contribution in [2.24, 2.45) is 5.73 Å². The van der Waals surface area contributed by atoms with Gasteiger partial charge in [0.1, 0.15) is 0 Å². The number of benzene rings is 1. The predicted octanol–water partition coefficient (Wildman–Crippen LogP) is 2.81. The molecule has 1 aromatic carbocycles. The number of rotatable bonds is 6. The van der Waals surface area contributed by atoms with Crippen molar-refractivity contribution in [1.82, 2.24) is 20.3 Å². The molecule has 0 aliphatic carbocycles. The Morgan fingerprint density at radius 1 is 1.31 bits per heavy atom. The average molecular weight is 361 g/mol. The van der Waals surface area contributed by atoms with Crippen LogP contribution < -0.4 is 11.1 Å². The summed E-state index contributed by atoms with van der Waals surface area (Å²) in [7, 11) is 11.6. The molecule has 0 bridgehead atoms. The van der Waals surface area contributed by atoms with E-state index >= 15 is 0 Å². The molecule has 0 unspecified atom stereocenters. The zero-order valence-corrected chi connectivity index (χ0v) is 15.3. The normalized spacial score (nSPS) is 11.6. The second-order valence-corrected chi connectivity index (χ2v) is 7.08. The molecular weight excluding hydrogens is 343 g/mol. The fraction of sp³-hybridized carbons (Fsp3) is 0.222. The van der Waals surface area contributed by atoms with Crippen LogP contribution in [0.4, 0.5) is 0 Å². The van der Waals surface area contributed by atoms with Gasteiger partial charge < -0.3 is 16.0 Å². The summed E-state index contributed by atoms with van der Waals surface area (Å²) < 4.78 is 0. The number of fused-ring (bicyclic) bond motifs is 1. The number of aromatic nitrogens is 3. The Morgan fingerprint density at radius 2 is 2.08 bits per heavy atom. The van der Waals surface area contributed by atoms with E-state index in [-0.39, 0.29) is 0 Å². The molecule has 4 radical (unpaired) electrons. The minimum absolute atomic E-state index is 0.420. The molecule has 3 aromatic rings. The van der Waals surface area contributed by atoms with Gasteiger partial charge in [0.2, 0.25) is 0 Å². The average Bonchev–Trinajstić information content (AvgIpc) is 2.93. The number of H-pyrrole nitrogens is 1. The molecule has 0 atom stereocenters. The molecule has 0 amide bonds. The van der Waals surface area contributed by atoms with Gasteiger partial charge in [0, 0.05) is 28.4 Å². The zero-order chi connectivity index (χ0) is 18.9. The highest BCUT2D eigenvalue weighted by molar-refractivity contribution is 6.39. The summed E-state index contributed by atoms with van der Waals surface area (Å²) in [5.74, 6) is 0.420. The van der Waals surface area contributed by atoms with E-state index in [0.29, 0.717) is 29.5 Å². The van der Waals surface area contributed by atoms with Crippen LogP contribution >= 0.6 is 11.6 Å². The van der Waals surface area contributed by atoms with Gasteiger partial charge in [0.05, 0.1) is 50.7 Å². The zero-order valence-electron chi connectivity index (χ0n) is 14.5. The van der Waals surface area contributed by atoms with Crippen LogP contribution in [0.3, 0.4) is 0 Å². The highest BCUT2D eigenvalue weighted by Crippen LogP contribution is 2.31. The summed E-state index contributed by atoms with van der Waals surface area (Å²) in [6.45, 7) is 5.92. The van der Waals surface area contributed by atoms with Crippen molar-refractivity contribution in [3.63, 3.8) is 0 Å². The number of halogens is 1. The summed E-state index contributed by atoms with van der Waals surface area (Å²) in [5, 5.41) is 3.77. The highest BCUT2D eigenvalue weighted by Gasteiger charge is 2.13. The van der Waals surface area contributed by atoms with E-state index < -0.39 is 5.21 Å². The topological polar surface area (TPSA) is 79.6 Å². The van der Waals surface area contributed by atoms with Crippen LogP contribution in [0.2, 0.25) is 10.2 Å². The first-order valence-corrected chi connectivity index (χ1v) is 8.47. The van der Waals surface area contributed by atoms with Gasteiger partial charge in [-0.3, -0.25) is 9.97 Å². The van der Waals surface area contributed by atoms with Crippen LogP contribution in [-0.4, -0.2) is 30.6 Å². The van der Waals surface area contributed by atoms with E-state index in [9.17, 15) is 0 Å². The van der Waals surface area contributed by atoms with Crippen LogP contribution in [0.5, 0.6) is 0 Å². The maximum atomic E-state index is 6.45. The third-order valence-electron chi connectivity index (χ3n) is 3.81. The van der Waals surface area contributed by atoms with E-state index in [4.69, 9.17) is 33.0 Å². The summed E-state index contributed by atoms with van der Waals surface area (Å²) in [6, 6.07) is 5.87. The van der Waals surface area contributed by atoms with Gasteiger partial charge >= 0.3 is 0 Å². The summed E-state index contributed by atoms with van der Waals surface area (Å²) in [5.41, 5.74) is 9.68. The van der Waals surface area contributed by atoms with Gasteiger partial charge in [-0.25, -0.2) is 0 Å². The molecule has 0 saturated carbocycles. The number of nitrogens with zero attached hydrogens (tertiary/aromatic N) is 2. The van der Waals surface area contributed by atoms with Gasteiger partial charge in [0.25, 0.3) is 0 Å². The molecule has 0 spiro atoms. The van der Waals surface area contributed by atoms with Crippen LogP contribution in [0.25, 0.3) is 22.2 Å². The van der Waals surface area contributed by atoms with Crippen molar-refractivity contribution in [1.29, 1.82) is 0 Å². The van der Waals surface area contributed by atoms with E-state index in [0.717, 1.165) is 27.9 Å². The molecule has 3 rings (SSSR count). The number of aromatic amines is 1. The lowest BCUT2D eigenvalue weighted by Crippen LogP contribution is -2.18. The SMILES string of the molecule is [B]C([B])(C)Cc1cnc(-c2cc3[nH]c(CNC(=C)N)cc3cc2Cl)cn1. The lowest BCUT2D eigenvalue weighted by Gasteiger charge is -2.17. The molecule has 4 N–H and O–H groups in total. The summed E-state index contributed by atoms with van der Waals surface area (Å²) in [6.07, 6.45) is 3.79. The van der Waals surface area contributed by atoms with Crippen LogP contribution in [-0.2, 0) is 13.0 Å². The Morgan fingerprint density at radius 3 is 2.69 bits per heavy atom. The molecule has 0 fully saturated rings. The fourth-order valence-electron chi connectivity index (χ4n) is 2.69. The minimum Gasteiger partial charge on any atom is -0.386 e. The first kappa shape index (κ1) is 18.4. The van der Waals surface area contributed by atoms with Crippen molar-refractivity contribution < 1.29 is 0 Å². The molecule has 2 heterocycles. The van der Waals surface area contributed by atoms with Gasteiger partial charge in [-0.05, 0) is 24.6 Å². The van der Waals surface area contributed by atoms with Crippen molar-refractivity contribution in [3.05, 3.63) is 59.4 Å². The number of hydrogen-bond donors (Lipinski definition) is 3. The lowest BCUT2D eigenvalue weighted by atomic mass is 9.54. The molecule has 0 aliphatic rings. The molecule has 2 aromatic heterocycles. The van der Waals surface area contributed by atoms with Crippen molar-refractivity contribution in [2.45, 2.75) is 25.1 Å². The van der Waals surface area contributed by atoms with Gasteiger partial charge in [-0.15, -0.1) is 0 Å². The second-order valence-electron chi connectivity index (χ2n) is 6.67. The molecule has 8 heteroatoms. The Hall–Kier alpha value is -2.40. The van der Waals surface area contributed by atoms with Gasteiger partial charge in [-0.2, -0.15) is 0 Å². The standard InChI is InChI=1S/C18H18B2ClN5/c1-10(22)23-7-12-3-11-4-15(21)14(5-16(11)26-12)17-9-24-13(8-25-17)6-18(2,19)20/h3-5,8-9,23,26H,1,6-7,22H2,2H3. The van der Waals surface area contributed by atoms with Crippen LogP contribution in [0.15, 0.2) is 43.0 Å². The Labute approximate surface area is 160 Å². The van der Waals surface area contributed by atoms with E-state index in [2.05, 4.69) is 26.8 Å². The molecular formula is C18H18B2ClN5. The fourth-order valence-corrected chi connectivity index (χ4v) is 2.96. The Kier molecular flexibility index (Phi) is 5.01. The van der Waals surface area contributed by atoms with Gasteiger partial charge in [-0.1, -0.05) is 30.3 Å². The van der Waals surface area contributed by atoms with Crippen molar-refractivity contribution >= 4 is 38.2 Å². The first-order valence-electron chi connectivity index (χ1n) is 8.10. The minimum atomic E-state index is -0.823. The van der Waals surface area contributed by atoms with Crippen LogP contribution in [0.1, 0.15) is 18.3 Å². The lowest BCUT2D eigenvalue weighted by molar-refractivity contribution is 0.788. The van der Waals surface area contributed by atoms with Crippen molar-refractivity contribution in [2.75, 3.05) is 0 Å². The Balaban J connectivity index is 1.89. The molecule has 5 nitrogen and oxygen atoms in total. The highest BCUT2D eigenvalue weighted by atomic mass is 35.5. The molecule has 0 aliphatic heterocycles. The second kappa shape index (κ2) is 7.08. The number of nitrogens with one attached hydrogen (secondary N) is 2. The maximum Gasteiger partial charge on any atom is 0.0901 e. The predicted molar refractivity (Wildman–Crippen MR) is 108 cm³/mol. The third-order valence-corrected chi connectivity index (χ3v) is 4.13. The Bertz CT molecular complexity index is 945. The molecule has 128 valence electrons. The van der Waals surface area contributed by atoms with Gasteiger partial charge in [0.15, 0.2) is 0 Å². The summed E-state index contributed by atoms with van der Waals surface area (Å²) >= 11 is 6.45. The monoisotopic (exact) mass is 361 g/mol. The molecule has 26 heavy (non-hydrogen) atoms. The number of nitrogens with two attached hydrogens (primary N) is 1. The van der Waals surface area contributed by atoms with Crippen molar-refractivity contribution in [3.8, 4) is 11.3 Å².